The Morgan fingerprint density at radius 2 is 1.88 bits per heavy atom. The van der Waals surface area contributed by atoms with Gasteiger partial charge in [0.25, 0.3) is 0 Å². The van der Waals surface area contributed by atoms with Crippen LogP contribution in [0.5, 0.6) is 0 Å². The van der Waals surface area contributed by atoms with Gasteiger partial charge in [0.15, 0.2) is 0 Å². The van der Waals surface area contributed by atoms with Gasteiger partial charge in [-0.25, -0.2) is 0 Å². The van der Waals surface area contributed by atoms with Crippen molar-refractivity contribution in [3.05, 3.63) is 42.7 Å². The molecule has 1 N–H and O–H groups in total. The van der Waals surface area contributed by atoms with E-state index >= 15 is 0 Å². The lowest BCUT2D eigenvalue weighted by Gasteiger charge is -2.33. The van der Waals surface area contributed by atoms with Gasteiger partial charge in [0.1, 0.15) is 0 Å². The lowest BCUT2D eigenvalue weighted by molar-refractivity contribution is 0.240. The molecule has 16 heavy (non-hydrogen) atoms. The van der Waals surface area contributed by atoms with Gasteiger partial charge in [-0.1, -0.05) is 31.7 Å². The summed E-state index contributed by atoms with van der Waals surface area (Å²) in [7, 11) is 0. The van der Waals surface area contributed by atoms with Crippen molar-refractivity contribution in [1.29, 1.82) is 0 Å². The SMILES string of the molecule is C=C(Nc1ccccc1)N1CCC(C)CC1. The zero-order chi connectivity index (χ0) is 11.4. The van der Waals surface area contributed by atoms with Crippen LogP contribution in [0, 0.1) is 5.92 Å². The summed E-state index contributed by atoms with van der Waals surface area (Å²) in [6.07, 6.45) is 2.55. The van der Waals surface area contributed by atoms with E-state index in [1.807, 2.05) is 18.2 Å². The van der Waals surface area contributed by atoms with Crippen LogP contribution in [0.1, 0.15) is 19.8 Å². The van der Waals surface area contributed by atoms with Crippen LogP contribution in [0.4, 0.5) is 5.69 Å². The summed E-state index contributed by atoms with van der Waals surface area (Å²) in [6.45, 7) is 8.69. The maximum Gasteiger partial charge on any atom is 0.0983 e. The van der Waals surface area contributed by atoms with Gasteiger partial charge in [-0.15, -0.1) is 0 Å². The lowest BCUT2D eigenvalue weighted by atomic mass is 9.99. The fourth-order valence-electron chi connectivity index (χ4n) is 2.05. The molecule has 1 aliphatic rings. The molecule has 0 aromatic heterocycles. The first kappa shape index (κ1) is 11.1. The molecule has 2 nitrogen and oxygen atoms in total. The summed E-state index contributed by atoms with van der Waals surface area (Å²) in [5.74, 6) is 1.89. The molecule has 0 radical (unpaired) electrons. The molecular formula is C14H20N2. The zero-order valence-corrected chi connectivity index (χ0v) is 9.95. The van der Waals surface area contributed by atoms with Crippen molar-refractivity contribution in [3.8, 4) is 0 Å². The Morgan fingerprint density at radius 3 is 2.50 bits per heavy atom. The van der Waals surface area contributed by atoms with Crippen molar-refractivity contribution in [2.24, 2.45) is 5.92 Å². The Kier molecular flexibility index (Phi) is 3.50. The maximum absolute atomic E-state index is 4.11. The Bertz CT molecular complexity index is 337. The van der Waals surface area contributed by atoms with Crippen LogP contribution in [0.25, 0.3) is 0 Å². The summed E-state index contributed by atoms with van der Waals surface area (Å²) in [6, 6.07) is 10.2. The molecule has 0 aliphatic carbocycles. The minimum Gasteiger partial charge on any atom is -0.359 e. The number of anilines is 1. The molecule has 1 aromatic rings. The van der Waals surface area contributed by atoms with Crippen LogP contribution in [-0.2, 0) is 0 Å². The number of piperidine rings is 1. The Balaban J connectivity index is 1.89. The predicted molar refractivity (Wildman–Crippen MR) is 69.2 cm³/mol. The van der Waals surface area contributed by atoms with Crippen LogP contribution in [0.15, 0.2) is 42.7 Å². The van der Waals surface area contributed by atoms with Crippen LogP contribution in [0.2, 0.25) is 0 Å². The first-order valence-corrected chi connectivity index (χ1v) is 6.01. The molecule has 1 aliphatic heterocycles. The van der Waals surface area contributed by atoms with Gasteiger partial charge in [-0.2, -0.15) is 0 Å². The van der Waals surface area contributed by atoms with Crippen molar-refractivity contribution in [1.82, 2.24) is 4.90 Å². The van der Waals surface area contributed by atoms with E-state index in [-0.39, 0.29) is 0 Å². The van der Waals surface area contributed by atoms with Gasteiger partial charge in [0.2, 0.25) is 0 Å². The third kappa shape index (κ3) is 2.78. The van der Waals surface area contributed by atoms with Gasteiger partial charge < -0.3 is 10.2 Å². The highest BCUT2D eigenvalue weighted by atomic mass is 15.2. The number of benzene rings is 1. The fourth-order valence-corrected chi connectivity index (χ4v) is 2.05. The minimum atomic E-state index is 0.862. The number of likely N-dealkylation sites (tertiary alicyclic amines) is 1. The van der Waals surface area contributed by atoms with Crippen molar-refractivity contribution < 1.29 is 0 Å². The van der Waals surface area contributed by atoms with Gasteiger partial charge in [0.05, 0.1) is 5.82 Å². The van der Waals surface area contributed by atoms with E-state index in [2.05, 4.69) is 35.9 Å². The number of hydrogen-bond acceptors (Lipinski definition) is 2. The highest BCUT2D eigenvalue weighted by molar-refractivity contribution is 5.46. The smallest absolute Gasteiger partial charge is 0.0983 e. The van der Waals surface area contributed by atoms with Crippen molar-refractivity contribution in [3.63, 3.8) is 0 Å². The number of para-hydroxylation sites is 1. The number of hydrogen-bond donors (Lipinski definition) is 1. The Hall–Kier alpha value is -1.44. The van der Waals surface area contributed by atoms with E-state index in [1.54, 1.807) is 0 Å². The molecule has 0 bridgehead atoms. The topological polar surface area (TPSA) is 15.3 Å². The van der Waals surface area contributed by atoms with Gasteiger partial charge in [0, 0.05) is 18.8 Å². The Labute approximate surface area is 98.0 Å². The highest BCUT2D eigenvalue weighted by Crippen LogP contribution is 2.20. The largest absolute Gasteiger partial charge is 0.359 e. The third-order valence-corrected chi connectivity index (χ3v) is 3.23. The highest BCUT2D eigenvalue weighted by Gasteiger charge is 2.16. The molecular weight excluding hydrogens is 196 g/mol. The number of rotatable bonds is 3. The summed E-state index contributed by atoms with van der Waals surface area (Å²) >= 11 is 0. The van der Waals surface area contributed by atoms with Crippen molar-refractivity contribution in [2.75, 3.05) is 18.4 Å². The van der Waals surface area contributed by atoms with E-state index in [9.17, 15) is 0 Å². The molecule has 0 spiro atoms. The maximum atomic E-state index is 4.11. The minimum absolute atomic E-state index is 0.862. The monoisotopic (exact) mass is 216 g/mol. The molecule has 1 heterocycles. The quantitative estimate of drug-likeness (QED) is 0.834. The predicted octanol–water partition coefficient (Wildman–Crippen LogP) is 3.30. The van der Waals surface area contributed by atoms with E-state index in [1.165, 1.54) is 12.8 Å². The molecule has 0 unspecified atom stereocenters. The normalized spacial score (nSPS) is 17.2. The second kappa shape index (κ2) is 5.06. The molecule has 86 valence electrons. The second-order valence-corrected chi connectivity index (χ2v) is 4.61. The molecule has 1 saturated heterocycles. The summed E-state index contributed by atoms with van der Waals surface area (Å²) in [5, 5.41) is 3.36. The van der Waals surface area contributed by atoms with Crippen LogP contribution >= 0.6 is 0 Å². The lowest BCUT2D eigenvalue weighted by Crippen LogP contribution is -2.34. The van der Waals surface area contributed by atoms with E-state index in [0.717, 1.165) is 30.5 Å². The van der Waals surface area contributed by atoms with Crippen LogP contribution < -0.4 is 5.32 Å². The molecule has 0 atom stereocenters. The van der Waals surface area contributed by atoms with Gasteiger partial charge in [-0.05, 0) is 30.9 Å². The molecule has 0 saturated carbocycles. The van der Waals surface area contributed by atoms with Crippen LogP contribution in [-0.4, -0.2) is 18.0 Å². The first-order chi connectivity index (χ1) is 7.75. The average Bonchev–Trinajstić information content (AvgIpc) is 2.31. The van der Waals surface area contributed by atoms with Gasteiger partial charge in [-0.3, -0.25) is 0 Å². The molecule has 1 fully saturated rings. The second-order valence-electron chi connectivity index (χ2n) is 4.61. The van der Waals surface area contributed by atoms with Gasteiger partial charge >= 0.3 is 0 Å². The molecule has 1 aromatic carbocycles. The summed E-state index contributed by atoms with van der Waals surface area (Å²) < 4.78 is 0. The summed E-state index contributed by atoms with van der Waals surface area (Å²) in [5.41, 5.74) is 1.12. The van der Waals surface area contributed by atoms with E-state index < -0.39 is 0 Å². The fraction of sp³-hybridized carbons (Fsp3) is 0.429. The molecule has 2 rings (SSSR count). The van der Waals surface area contributed by atoms with E-state index in [4.69, 9.17) is 0 Å². The molecule has 0 amide bonds. The van der Waals surface area contributed by atoms with Crippen LogP contribution in [0.3, 0.4) is 0 Å². The number of nitrogens with zero attached hydrogens (tertiary/aromatic N) is 1. The first-order valence-electron chi connectivity index (χ1n) is 6.01. The Morgan fingerprint density at radius 1 is 1.25 bits per heavy atom. The average molecular weight is 216 g/mol. The van der Waals surface area contributed by atoms with Crippen molar-refractivity contribution >= 4 is 5.69 Å². The zero-order valence-electron chi connectivity index (χ0n) is 9.95. The molecule has 2 heteroatoms. The third-order valence-electron chi connectivity index (χ3n) is 3.23. The number of nitrogens with one attached hydrogen (secondary N) is 1. The standard InChI is InChI=1S/C14H20N2/c1-12-8-10-16(11-9-12)13(2)15-14-6-4-3-5-7-14/h3-7,12,15H,2,8-11H2,1H3. The van der Waals surface area contributed by atoms with Crippen molar-refractivity contribution in [2.45, 2.75) is 19.8 Å². The van der Waals surface area contributed by atoms with E-state index in [0.29, 0.717) is 0 Å². The summed E-state index contributed by atoms with van der Waals surface area (Å²) in [4.78, 5) is 2.34.